The molecule has 1 aromatic carbocycles. The molecule has 1 fully saturated rings. The van der Waals surface area contributed by atoms with Gasteiger partial charge in [0.15, 0.2) is 17.6 Å². The van der Waals surface area contributed by atoms with E-state index in [1.165, 1.54) is 11.3 Å². The van der Waals surface area contributed by atoms with Gasteiger partial charge in [0.05, 0.1) is 18.3 Å². The molecule has 2 aromatic rings. The highest BCUT2D eigenvalue weighted by Crippen LogP contribution is 2.32. The number of alkyl halides is 1. The van der Waals surface area contributed by atoms with Crippen molar-refractivity contribution >= 4 is 38.7 Å². The second-order valence-electron chi connectivity index (χ2n) is 4.60. The third kappa shape index (κ3) is 2.86. The number of carbonyl (C=O) groups is 1. The molecule has 4 nitrogen and oxygen atoms in total. The van der Waals surface area contributed by atoms with E-state index in [9.17, 15) is 9.18 Å². The lowest BCUT2D eigenvalue weighted by molar-refractivity contribution is -0.115. The van der Waals surface area contributed by atoms with Crippen LogP contribution in [0.25, 0.3) is 11.3 Å². The van der Waals surface area contributed by atoms with Crippen molar-refractivity contribution < 1.29 is 13.9 Å². The monoisotopic (exact) mass is 370 g/mol. The summed E-state index contributed by atoms with van der Waals surface area (Å²) in [7, 11) is 0. The number of benzene rings is 1. The molecule has 1 aliphatic heterocycles. The normalized spacial score (nSPS) is 21.7. The molecule has 21 heavy (non-hydrogen) atoms. The van der Waals surface area contributed by atoms with Gasteiger partial charge in [-0.3, -0.25) is 4.79 Å². The van der Waals surface area contributed by atoms with Crippen molar-refractivity contribution in [3.8, 4) is 11.3 Å². The van der Waals surface area contributed by atoms with E-state index in [4.69, 9.17) is 4.74 Å². The van der Waals surface area contributed by atoms with E-state index in [2.05, 4.69) is 20.9 Å². The fourth-order valence-corrected chi connectivity index (χ4v) is 3.40. The molecule has 0 saturated carbocycles. The maximum atomic E-state index is 13.1. The number of aldehydes is 1. The van der Waals surface area contributed by atoms with E-state index < -0.39 is 18.9 Å². The van der Waals surface area contributed by atoms with Gasteiger partial charge < -0.3 is 9.64 Å². The Kier molecular flexibility index (Phi) is 4.32. The van der Waals surface area contributed by atoms with Crippen LogP contribution in [0.3, 0.4) is 0 Å². The molecule has 3 rings (SSSR count). The second kappa shape index (κ2) is 6.21. The summed E-state index contributed by atoms with van der Waals surface area (Å²) < 4.78 is 19.3. The highest BCUT2D eigenvalue weighted by Gasteiger charge is 2.36. The van der Waals surface area contributed by atoms with Crippen LogP contribution in [0, 0.1) is 0 Å². The number of hydrogen-bond acceptors (Lipinski definition) is 5. The molecule has 0 amide bonds. The van der Waals surface area contributed by atoms with Crippen LogP contribution in [0.5, 0.6) is 0 Å². The largest absolute Gasteiger partial charge is 0.349 e. The van der Waals surface area contributed by atoms with Crippen LogP contribution in [0.1, 0.15) is 0 Å². The number of carbonyl (C=O) groups excluding carboxylic acids is 1. The van der Waals surface area contributed by atoms with Crippen molar-refractivity contribution in [3.05, 3.63) is 34.1 Å². The van der Waals surface area contributed by atoms with E-state index >= 15 is 0 Å². The summed E-state index contributed by atoms with van der Waals surface area (Å²) in [6.07, 6.45) is -0.0780. The van der Waals surface area contributed by atoms with E-state index in [1.54, 1.807) is 4.90 Å². The molecule has 0 aliphatic carbocycles. The first kappa shape index (κ1) is 14.6. The third-order valence-corrected chi connectivity index (χ3v) is 4.66. The highest BCUT2D eigenvalue weighted by atomic mass is 79.9. The number of ether oxygens (including phenoxy) is 1. The average molecular weight is 371 g/mol. The summed E-state index contributed by atoms with van der Waals surface area (Å²) >= 11 is 4.77. The fourth-order valence-electron chi connectivity index (χ4n) is 2.20. The first-order valence-corrected chi connectivity index (χ1v) is 8.03. The summed E-state index contributed by atoms with van der Waals surface area (Å²) in [6, 6.07) is 7.32. The Morgan fingerprint density at radius 1 is 1.48 bits per heavy atom. The predicted molar refractivity (Wildman–Crippen MR) is 83.3 cm³/mol. The Morgan fingerprint density at radius 3 is 2.90 bits per heavy atom. The summed E-state index contributed by atoms with van der Waals surface area (Å²) in [4.78, 5) is 17.2. The Balaban J connectivity index is 1.90. The molecule has 0 radical (unpaired) electrons. The van der Waals surface area contributed by atoms with E-state index in [0.29, 0.717) is 11.4 Å². The summed E-state index contributed by atoms with van der Waals surface area (Å²) in [6.45, 7) is -0.370. The van der Waals surface area contributed by atoms with Gasteiger partial charge in [-0.1, -0.05) is 28.1 Å². The first-order chi connectivity index (χ1) is 10.2. The minimum absolute atomic E-state index is 0.201. The second-order valence-corrected chi connectivity index (χ2v) is 6.35. The lowest BCUT2D eigenvalue weighted by atomic mass is 10.2. The van der Waals surface area contributed by atoms with Crippen LogP contribution in [0.4, 0.5) is 9.52 Å². The number of aromatic nitrogens is 1. The Hall–Kier alpha value is -1.31. The van der Waals surface area contributed by atoms with Gasteiger partial charge >= 0.3 is 0 Å². The standard InChI is InChI=1S/C14H12BrFN2O2S/c15-10-3-1-9(2-4-10)12-8-21-14(17-12)18-11(5-16)7-20-13(18)6-19/h1-4,6,8,11,13H,5,7H2/t11-,13?/m1/s1. The predicted octanol–water partition coefficient (Wildman–Crippen LogP) is 3.27. The van der Waals surface area contributed by atoms with Crippen LogP contribution in [-0.4, -0.2) is 36.8 Å². The fraction of sp³-hybridized carbons (Fsp3) is 0.286. The number of anilines is 1. The summed E-state index contributed by atoms with van der Waals surface area (Å²) in [5.41, 5.74) is 1.77. The van der Waals surface area contributed by atoms with Crippen LogP contribution in [0.2, 0.25) is 0 Å². The van der Waals surface area contributed by atoms with E-state index in [-0.39, 0.29) is 6.61 Å². The number of nitrogens with zero attached hydrogens (tertiary/aromatic N) is 2. The van der Waals surface area contributed by atoms with Crippen LogP contribution >= 0.6 is 27.3 Å². The number of halogens is 2. The third-order valence-electron chi connectivity index (χ3n) is 3.27. The molecule has 1 unspecified atom stereocenters. The van der Waals surface area contributed by atoms with Crippen LogP contribution in [-0.2, 0) is 9.53 Å². The van der Waals surface area contributed by atoms with Gasteiger partial charge in [-0.2, -0.15) is 0 Å². The van der Waals surface area contributed by atoms with Crippen LogP contribution in [0.15, 0.2) is 34.1 Å². The molecule has 0 spiro atoms. The molecule has 2 atom stereocenters. The number of hydrogen-bond donors (Lipinski definition) is 0. The lowest BCUT2D eigenvalue weighted by Gasteiger charge is -2.22. The van der Waals surface area contributed by atoms with E-state index in [0.717, 1.165) is 15.7 Å². The molecule has 110 valence electrons. The Bertz CT molecular complexity index is 634. The Morgan fingerprint density at radius 2 is 2.24 bits per heavy atom. The van der Waals surface area contributed by atoms with Crippen LogP contribution < -0.4 is 4.90 Å². The summed E-state index contributed by atoms with van der Waals surface area (Å²) in [5.74, 6) is 0. The van der Waals surface area contributed by atoms with Crippen molar-refractivity contribution in [3.63, 3.8) is 0 Å². The van der Waals surface area contributed by atoms with E-state index in [1.807, 2.05) is 29.6 Å². The molecule has 0 bridgehead atoms. The molecular weight excluding hydrogens is 359 g/mol. The SMILES string of the molecule is O=CC1OC[C@@H](CF)N1c1nc(-c2ccc(Br)cc2)cs1. The highest BCUT2D eigenvalue weighted by molar-refractivity contribution is 9.10. The van der Waals surface area contributed by atoms with Gasteiger partial charge in [-0.15, -0.1) is 11.3 Å². The molecule has 1 aliphatic rings. The van der Waals surface area contributed by atoms with Crippen molar-refractivity contribution in [2.45, 2.75) is 12.3 Å². The van der Waals surface area contributed by atoms with Crippen molar-refractivity contribution in [2.24, 2.45) is 0 Å². The molecule has 1 saturated heterocycles. The van der Waals surface area contributed by atoms with Gasteiger partial charge in [0, 0.05) is 15.4 Å². The smallest absolute Gasteiger partial charge is 0.188 e. The Labute approximate surface area is 133 Å². The lowest BCUT2D eigenvalue weighted by Crippen LogP contribution is -2.39. The topological polar surface area (TPSA) is 42.4 Å². The zero-order valence-corrected chi connectivity index (χ0v) is 13.3. The first-order valence-electron chi connectivity index (χ1n) is 6.35. The summed E-state index contributed by atoms with van der Waals surface area (Å²) in [5, 5.41) is 2.50. The van der Waals surface area contributed by atoms with Gasteiger partial charge in [0.25, 0.3) is 0 Å². The maximum Gasteiger partial charge on any atom is 0.188 e. The average Bonchev–Trinajstić information content (AvgIpc) is 3.13. The minimum atomic E-state index is -0.755. The minimum Gasteiger partial charge on any atom is -0.349 e. The van der Waals surface area contributed by atoms with Crippen molar-refractivity contribution in [1.29, 1.82) is 0 Å². The maximum absolute atomic E-state index is 13.1. The zero-order chi connectivity index (χ0) is 14.8. The number of thiazole rings is 1. The molecule has 2 heterocycles. The van der Waals surface area contributed by atoms with Crippen molar-refractivity contribution in [2.75, 3.05) is 18.2 Å². The number of rotatable bonds is 4. The molecule has 1 aromatic heterocycles. The van der Waals surface area contributed by atoms with Gasteiger partial charge in [-0.05, 0) is 12.1 Å². The van der Waals surface area contributed by atoms with Crippen molar-refractivity contribution in [1.82, 2.24) is 4.98 Å². The molecule has 0 N–H and O–H groups in total. The quantitative estimate of drug-likeness (QED) is 0.774. The van der Waals surface area contributed by atoms with Gasteiger partial charge in [0.1, 0.15) is 6.67 Å². The van der Waals surface area contributed by atoms with Gasteiger partial charge in [0.2, 0.25) is 0 Å². The molecule has 7 heteroatoms. The molecular formula is C14H12BrFN2O2S. The zero-order valence-electron chi connectivity index (χ0n) is 10.9. The van der Waals surface area contributed by atoms with Gasteiger partial charge in [-0.25, -0.2) is 9.37 Å².